The molecule has 0 fully saturated rings. The standard InChI is InChI=1S/C18H20O4/c1-18(2,3)22-21-16-14(10-7-11-15(16)17(19)20)12-13-8-5-4-6-9-13/h4-11H,12H2,1-3H3,(H,19,20). The second-order valence-electron chi connectivity index (χ2n) is 6.04. The largest absolute Gasteiger partial charge is 0.478 e. The minimum absolute atomic E-state index is 0.0951. The Labute approximate surface area is 130 Å². The molecule has 0 unspecified atom stereocenters. The Morgan fingerprint density at radius 1 is 1.05 bits per heavy atom. The van der Waals surface area contributed by atoms with Gasteiger partial charge in [-0.2, -0.15) is 4.89 Å². The lowest BCUT2D eigenvalue weighted by atomic mass is 10.0. The number of hydrogen-bond acceptors (Lipinski definition) is 3. The lowest BCUT2D eigenvalue weighted by Crippen LogP contribution is -2.22. The Morgan fingerprint density at radius 3 is 2.32 bits per heavy atom. The van der Waals surface area contributed by atoms with Crippen LogP contribution in [0, 0.1) is 0 Å². The fourth-order valence-corrected chi connectivity index (χ4v) is 1.97. The smallest absolute Gasteiger partial charge is 0.339 e. The van der Waals surface area contributed by atoms with E-state index < -0.39 is 11.6 Å². The van der Waals surface area contributed by atoms with E-state index in [0.717, 1.165) is 11.1 Å². The molecule has 0 aliphatic rings. The van der Waals surface area contributed by atoms with Crippen molar-refractivity contribution in [3.8, 4) is 5.75 Å². The number of para-hydroxylation sites is 1. The van der Waals surface area contributed by atoms with Gasteiger partial charge in [-0.05, 0) is 32.4 Å². The second-order valence-corrected chi connectivity index (χ2v) is 6.04. The Bertz CT molecular complexity index is 642. The fraction of sp³-hybridized carbons (Fsp3) is 0.278. The van der Waals surface area contributed by atoms with Gasteiger partial charge in [0, 0.05) is 12.0 Å². The fourth-order valence-electron chi connectivity index (χ4n) is 1.97. The number of carboxylic acid groups (broad SMARTS) is 1. The zero-order valence-corrected chi connectivity index (χ0v) is 13.0. The van der Waals surface area contributed by atoms with Crippen LogP contribution in [0.4, 0.5) is 0 Å². The number of hydrogen-bond donors (Lipinski definition) is 1. The van der Waals surface area contributed by atoms with E-state index in [-0.39, 0.29) is 11.3 Å². The molecule has 2 aromatic carbocycles. The van der Waals surface area contributed by atoms with Crippen LogP contribution in [0.25, 0.3) is 0 Å². The van der Waals surface area contributed by atoms with Crippen molar-refractivity contribution >= 4 is 5.97 Å². The molecule has 0 heterocycles. The average Bonchev–Trinajstić information content (AvgIpc) is 2.45. The summed E-state index contributed by atoms with van der Waals surface area (Å²) in [6.45, 7) is 5.52. The van der Waals surface area contributed by atoms with Crippen molar-refractivity contribution in [2.45, 2.75) is 32.8 Å². The van der Waals surface area contributed by atoms with Gasteiger partial charge < -0.3 is 9.99 Å². The summed E-state index contributed by atoms with van der Waals surface area (Å²) >= 11 is 0. The first kappa shape index (κ1) is 16.0. The summed E-state index contributed by atoms with van der Waals surface area (Å²) < 4.78 is 0. The van der Waals surface area contributed by atoms with Crippen molar-refractivity contribution in [2.75, 3.05) is 0 Å². The summed E-state index contributed by atoms with van der Waals surface area (Å²) in [6.07, 6.45) is 0.574. The predicted octanol–water partition coefficient (Wildman–Crippen LogP) is 4.08. The van der Waals surface area contributed by atoms with E-state index in [2.05, 4.69) is 0 Å². The van der Waals surface area contributed by atoms with Crippen LogP contribution in [0.1, 0.15) is 42.3 Å². The molecule has 0 aromatic heterocycles. The first-order valence-electron chi connectivity index (χ1n) is 7.11. The second kappa shape index (κ2) is 6.62. The molecule has 4 heteroatoms. The van der Waals surface area contributed by atoms with Gasteiger partial charge in [0.2, 0.25) is 0 Å². The van der Waals surface area contributed by atoms with Crippen molar-refractivity contribution in [2.24, 2.45) is 0 Å². The molecule has 0 aliphatic heterocycles. The summed E-state index contributed by atoms with van der Waals surface area (Å²) in [5, 5.41) is 9.35. The molecule has 0 atom stereocenters. The van der Waals surface area contributed by atoms with E-state index in [1.165, 1.54) is 6.07 Å². The first-order chi connectivity index (χ1) is 10.4. The van der Waals surface area contributed by atoms with Gasteiger partial charge in [0.1, 0.15) is 11.2 Å². The summed E-state index contributed by atoms with van der Waals surface area (Å²) in [5.74, 6) is -0.781. The number of benzene rings is 2. The highest BCUT2D eigenvalue weighted by molar-refractivity contribution is 5.91. The number of aromatic carboxylic acids is 1. The van der Waals surface area contributed by atoms with Crippen LogP contribution >= 0.6 is 0 Å². The summed E-state index contributed by atoms with van der Waals surface area (Å²) in [4.78, 5) is 22.1. The highest BCUT2D eigenvalue weighted by atomic mass is 17.2. The highest BCUT2D eigenvalue weighted by Crippen LogP contribution is 2.28. The highest BCUT2D eigenvalue weighted by Gasteiger charge is 2.20. The normalized spacial score (nSPS) is 11.2. The van der Waals surface area contributed by atoms with Crippen molar-refractivity contribution in [1.29, 1.82) is 0 Å². The zero-order chi connectivity index (χ0) is 16.2. The number of rotatable bonds is 5. The van der Waals surface area contributed by atoms with E-state index in [1.54, 1.807) is 6.07 Å². The molecule has 116 valence electrons. The van der Waals surface area contributed by atoms with Gasteiger partial charge in [-0.25, -0.2) is 4.79 Å². The van der Waals surface area contributed by atoms with Gasteiger partial charge in [0.05, 0.1) is 0 Å². The quantitative estimate of drug-likeness (QED) is 0.667. The average molecular weight is 300 g/mol. The topological polar surface area (TPSA) is 55.8 Å². The number of carbonyl (C=O) groups is 1. The Hall–Kier alpha value is -2.33. The molecule has 2 rings (SSSR count). The van der Waals surface area contributed by atoms with Crippen LogP contribution in [0.3, 0.4) is 0 Å². The maximum atomic E-state index is 11.4. The minimum atomic E-state index is -1.04. The maximum Gasteiger partial charge on any atom is 0.339 e. The lowest BCUT2D eigenvalue weighted by Gasteiger charge is -2.20. The Balaban J connectivity index is 2.35. The van der Waals surface area contributed by atoms with Crippen LogP contribution in [0.15, 0.2) is 48.5 Å². The van der Waals surface area contributed by atoms with Crippen molar-refractivity contribution in [3.63, 3.8) is 0 Å². The van der Waals surface area contributed by atoms with Gasteiger partial charge in [-0.3, -0.25) is 0 Å². The lowest BCUT2D eigenvalue weighted by molar-refractivity contribution is -0.275. The van der Waals surface area contributed by atoms with Crippen molar-refractivity contribution < 1.29 is 19.7 Å². The Kier molecular flexibility index (Phi) is 4.83. The SMILES string of the molecule is CC(C)(C)OOc1c(Cc2ccccc2)cccc1C(=O)O. The molecule has 0 spiro atoms. The third kappa shape index (κ3) is 4.33. The summed E-state index contributed by atoms with van der Waals surface area (Å²) in [6, 6.07) is 14.9. The van der Waals surface area contributed by atoms with Crippen molar-refractivity contribution in [3.05, 3.63) is 65.2 Å². The van der Waals surface area contributed by atoms with Crippen LogP contribution in [-0.2, 0) is 11.3 Å². The minimum Gasteiger partial charge on any atom is -0.478 e. The molecule has 1 N–H and O–H groups in total. The molecule has 0 saturated heterocycles. The van der Waals surface area contributed by atoms with E-state index in [9.17, 15) is 9.90 Å². The molecule has 0 aliphatic carbocycles. The molecule has 2 aromatic rings. The summed E-state index contributed by atoms with van der Waals surface area (Å²) in [7, 11) is 0. The van der Waals surface area contributed by atoms with E-state index in [4.69, 9.17) is 9.78 Å². The molecular weight excluding hydrogens is 280 g/mol. The van der Waals surface area contributed by atoms with Crippen LogP contribution < -0.4 is 4.89 Å². The molecule has 22 heavy (non-hydrogen) atoms. The molecule has 0 saturated carbocycles. The predicted molar refractivity (Wildman–Crippen MR) is 84.1 cm³/mol. The van der Waals surface area contributed by atoms with Gasteiger partial charge in [0.25, 0.3) is 0 Å². The molecule has 4 nitrogen and oxygen atoms in total. The van der Waals surface area contributed by atoms with Gasteiger partial charge in [-0.1, -0.05) is 42.5 Å². The molecule has 0 bridgehead atoms. The molecule has 0 amide bonds. The van der Waals surface area contributed by atoms with Crippen LogP contribution in [-0.4, -0.2) is 16.7 Å². The third-order valence-corrected chi connectivity index (χ3v) is 2.94. The first-order valence-corrected chi connectivity index (χ1v) is 7.11. The monoisotopic (exact) mass is 300 g/mol. The van der Waals surface area contributed by atoms with E-state index in [0.29, 0.717) is 6.42 Å². The summed E-state index contributed by atoms with van der Waals surface area (Å²) in [5.41, 5.74) is 1.41. The Morgan fingerprint density at radius 2 is 1.73 bits per heavy atom. The van der Waals surface area contributed by atoms with Crippen LogP contribution in [0.2, 0.25) is 0 Å². The third-order valence-electron chi connectivity index (χ3n) is 2.94. The molecular formula is C18H20O4. The maximum absolute atomic E-state index is 11.4. The number of carboxylic acids is 1. The van der Waals surface area contributed by atoms with E-state index >= 15 is 0 Å². The van der Waals surface area contributed by atoms with E-state index in [1.807, 2.05) is 57.2 Å². The van der Waals surface area contributed by atoms with Gasteiger partial charge >= 0.3 is 5.97 Å². The van der Waals surface area contributed by atoms with Gasteiger partial charge in [0.15, 0.2) is 5.75 Å². The van der Waals surface area contributed by atoms with Gasteiger partial charge in [-0.15, -0.1) is 0 Å². The van der Waals surface area contributed by atoms with Crippen LogP contribution in [0.5, 0.6) is 5.75 Å². The van der Waals surface area contributed by atoms with Crippen molar-refractivity contribution in [1.82, 2.24) is 0 Å². The zero-order valence-electron chi connectivity index (χ0n) is 13.0. The molecule has 0 radical (unpaired) electrons.